The Bertz CT molecular complexity index is 792. The van der Waals surface area contributed by atoms with Crippen LogP contribution in [0.1, 0.15) is 15.9 Å². The quantitative estimate of drug-likeness (QED) is 0.771. The largest absolute Gasteiger partial charge is 0.338 e. The first-order valence-electron chi connectivity index (χ1n) is 6.72. The van der Waals surface area contributed by atoms with Crippen molar-refractivity contribution in [2.24, 2.45) is 0 Å². The molecule has 1 aromatic heterocycles. The van der Waals surface area contributed by atoms with E-state index < -0.39 is 0 Å². The monoisotopic (exact) mass is 312 g/mol. The standard InChI is InChI=1S/C17H13ClN2O2/c1-11-2-4-12(5-3-11)15-10-19-22-17(15)20-16(21)13-6-8-14(18)9-7-13/h2-10H,1H3,(H,20,21). The number of carbonyl (C=O) groups excluding carboxylic acids is 1. The summed E-state index contributed by atoms with van der Waals surface area (Å²) in [6.45, 7) is 2.01. The first kappa shape index (κ1) is 14.4. The molecule has 1 amide bonds. The maximum atomic E-state index is 12.2. The summed E-state index contributed by atoms with van der Waals surface area (Å²) >= 11 is 5.82. The van der Waals surface area contributed by atoms with Crippen molar-refractivity contribution in [3.05, 3.63) is 70.9 Å². The van der Waals surface area contributed by atoms with E-state index in [-0.39, 0.29) is 5.91 Å². The predicted octanol–water partition coefficient (Wildman–Crippen LogP) is 4.56. The highest BCUT2D eigenvalue weighted by atomic mass is 35.5. The molecule has 1 N–H and O–H groups in total. The maximum Gasteiger partial charge on any atom is 0.258 e. The summed E-state index contributed by atoms with van der Waals surface area (Å²) in [5.41, 5.74) is 3.32. The number of nitrogens with one attached hydrogen (secondary N) is 1. The summed E-state index contributed by atoms with van der Waals surface area (Å²) in [7, 11) is 0. The zero-order valence-electron chi connectivity index (χ0n) is 11.8. The Morgan fingerprint density at radius 2 is 1.77 bits per heavy atom. The molecule has 110 valence electrons. The molecule has 3 aromatic rings. The third-order valence-corrected chi connectivity index (χ3v) is 3.52. The van der Waals surface area contributed by atoms with Gasteiger partial charge in [0.1, 0.15) is 0 Å². The van der Waals surface area contributed by atoms with Crippen LogP contribution in [0.4, 0.5) is 5.88 Å². The first-order chi connectivity index (χ1) is 10.6. The van der Waals surface area contributed by atoms with E-state index in [2.05, 4.69) is 10.5 Å². The molecule has 0 saturated carbocycles. The van der Waals surface area contributed by atoms with Crippen LogP contribution in [0.2, 0.25) is 5.02 Å². The van der Waals surface area contributed by atoms with Gasteiger partial charge in [0.15, 0.2) is 0 Å². The van der Waals surface area contributed by atoms with Gasteiger partial charge in [0, 0.05) is 10.6 Å². The van der Waals surface area contributed by atoms with Gasteiger partial charge in [-0.15, -0.1) is 0 Å². The Balaban J connectivity index is 1.84. The number of halogens is 1. The van der Waals surface area contributed by atoms with E-state index in [1.54, 1.807) is 30.5 Å². The maximum absolute atomic E-state index is 12.2. The predicted molar refractivity (Wildman–Crippen MR) is 86.1 cm³/mol. The Morgan fingerprint density at radius 3 is 2.45 bits per heavy atom. The van der Waals surface area contributed by atoms with Crippen molar-refractivity contribution >= 4 is 23.4 Å². The molecular weight excluding hydrogens is 300 g/mol. The number of aromatic nitrogens is 1. The molecule has 0 unspecified atom stereocenters. The van der Waals surface area contributed by atoms with Gasteiger partial charge in [-0.1, -0.05) is 46.6 Å². The number of anilines is 1. The molecule has 0 spiro atoms. The number of hydrogen-bond donors (Lipinski definition) is 1. The molecular formula is C17H13ClN2O2. The van der Waals surface area contributed by atoms with Gasteiger partial charge < -0.3 is 4.52 Å². The summed E-state index contributed by atoms with van der Waals surface area (Å²) in [6, 6.07) is 14.5. The second kappa shape index (κ2) is 6.03. The van der Waals surface area contributed by atoms with Crippen LogP contribution < -0.4 is 5.32 Å². The van der Waals surface area contributed by atoms with E-state index in [1.807, 2.05) is 31.2 Å². The van der Waals surface area contributed by atoms with Crippen LogP contribution in [-0.4, -0.2) is 11.1 Å². The molecule has 4 nitrogen and oxygen atoms in total. The lowest BCUT2D eigenvalue weighted by Crippen LogP contribution is -2.11. The highest BCUT2D eigenvalue weighted by molar-refractivity contribution is 6.30. The van der Waals surface area contributed by atoms with Crippen LogP contribution in [0.25, 0.3) is 11.1 Å². The van der Waals surface area contributed by atoms with E-state index in [4.69, 9.17) is 16.1 Å². The number of rotatable bonds is 3. The van der Waals surface area contributed by atoms with Gasteiger partial charge in [0.2, 0.25) is 5.88 Å². The molecule has 0 aliphatic heterocycles. The molecule has 0 radical (unpaired) electrons. The number of benzene rings is 2. The highest BCUT2D eigenvalue weighted by Gasteiger charge is 2.14. The van der Waals surface area contributed by atoms with Crippen LogP contribution >= 0.6 is 11.6 Å². The fraction of sp³-hybridized carbons (Fsp3) is 0.0588. The minimum absolute atomic E-state index is 0.276. The van der Waals surface area contributed by atoms with Crippen molar-refractivity contribution in [2.75, 3.05) is 5.32 Å². The zero-order chi connectivity index (χ0) is 15.5. The van der Waals surface area contributed by atoms with Gasteiger partial charge in [-0.2, -0.15) is 0 Å². The molecule has 0 bridgehead atoms. The van der Waals surface area contributed by atoms with Gasteiger partial charge >= 0.3 is 0 Å². The van der Waals surface area contributed by atoms with E-state index in [1.165, 1.54) is 0 Å². The number of hydrogen-bond acceptors (Lipinski definition) is 3. The Kier molecular flexibility index (Phi) is 3.94. The van der Waals surface area contributed by atoms with Crippen LogP contribution in [0.3, 0.4) is 0 Å². The second-order valence-electron chi connectivity index (χ2n) is 4.90. The lowest BCUT2D eigenvalue weighted by molar-refractivity contribution is 0.102. The lowest BCUT2D eigenvalue weighted by atomic mass is 10.1. The summed E-state index contributed by atoms with van der Waals surface area (Å²) in [5.74, 6) is 0.0468. The van der Waals surface area contributed by atoms with Crippen LogP contribution in [-0.2, 0) is 0 Å². The van der Waals surface area contributed by atoms with E-state index in [0.717, 1.165) is 16.7 Å². The first-order valence-corrected chi connectivity index (χ1v) is 7.10. The number of aryl methyl sites for hydroxylation is 1. The van der Waals surface area contributed by atoms with Crippen molar-refractivity contribution < 1.29 is 9.32 Å². The number of carbonyl (C=O) groups is 1. The molecule has 0 atom stereocenters. The average molecular weight is 313 g/mol. The lowest BCUT2D eigenvalue weighted by Gasteiger charge is -2.05. The van der Waals surface area contributed by atoms with Gasteiger partial charge in [-0.3, -0.25) is 10.1 Å². The fourth-order valence-corrected chi connectivity index (χ4v) is 2.17. The van der Waals surface area contributed by atoms with Crippen LogP contribution in [0.5, 0.6) is 0 Å². The third kappa shape index (κ3) is 3.02. The van der Waals surface area contributed by atoms with Gasteiger partial charge in [0.05, 0.1) is 11.8 Å². The summed E-state index contributed by atoms with van der Waals surface area (Å²) < 4.78 is 5.16. The van der Waals surface area contributed by atoms with Gasteiger partial charge in [-0.25, -0.2) is 0 Å². The summed E-state index contributed by atoms with van der Waals surface area (Å²) in [5, 5.41) is 7.08. The topological polar surface area (TPSA) is 55.1 Å². The van der Waals surface area contributed by atoms with Crippen LogP contribution in [0, 0.1) is 6.92 Å². The molecule has 22 heavy (non-hydrogen) atoms. The molecule has 2 aromatic carbocycles. The van der Waals surface area contributed by atoms with E-state index in [0.29, 0.717) is 16.5 Å². The highest BCUT2D eigenvalue weighted by Crippen LogP contribution is 2.28. The second-order valence-corrected chi connectivity index (χ2v) is 5.33. The normalized spacial score (nSPS) is 10.5. The van der Waals surface area contributed by atoms with Crippen molar-refractivity contribution in [1.82, 2.24) is 5.16 Å². The molecule has 3 rings (SSSR count). The van der Waals surface area contributed by atoms with Crippen molar-refractivity contribution in [1.29, 1.82) is 0 Å². The third-order valence-electron chi connectivity index (χ3n) is 3.27. The Labute approximate surface area is 132 Å². The minimum atomic E-state index is -0.276. The Hall–Kier alpha value is -2.59. The minimum Gasteiger partial charge on any atom is -0.338 e. The Morgan fingerprint density at radius 1 is 1.09 bits per heavy atom. The van der Waals surface area contributed by atoms with E-state index in [9.17, 15) is 4.79 Å². The fourth-order valence-electron chi connectivity index (χ4n) is 2.05. The SMILES string of the molecule is Cc1ccc(-c2cnoc2NC(=O)c2ccc(Cl)cc2)cc1. The van der Waals surface area contributed by atoms with Gasteiger partial charge in [-0.05, 0) is 36.8 Å². The molecule has 0 fully saturated rings. The van der Waals surface area contributed by atoms with Crippen molar-refractivity contribution in [2.45, 2.75) is 6.92 Å². The molecule has 0 aliphatic carbocycles. The molecule has 1 heterocycles. The average Bonchev–Trinajstić information content (AvgIpc) is 2.97. The zero-order valence-corrected chi connectivity index (χ0v) is 12.6. The molecule has 0 aliphatic rings. The van der Waals surface area contributed by atoms with Crippen molar-refractivity contribution in [3.63, 3.8) is 0 Å². The summed E-state index contributed by atoms with van der Waals surface area (Å²) in [6.07, 6.45) is 1.59. The smallest absolute Gasteiger partial charge is 0.258 e. The molecule has 0 saturated heterocycles. The van der Waals surface area contributed by atoms with Crippen LogP contribution in [0.15, 0.2) is 59.3 Å². The number of nitrogens with zero attached hydrogens (tertiary/aromatic N) is 1. The van der Waals surface area contributed by atoms with E-state index >= 15 is 0 Å². The van der Waals surface area contributed by atoms with Crippen molar-refractivity contribution in [3.8, 4) is 11.1 Å². The molecule has 5 heteroatoms. The van der Waals surface area contributed by atoms with Gasteiger partial charge in [0.25, 0.3) is 5.91 Å². The number of amides is 1. The summed E-state index contributed by atoms with van der Waals surface area (Å²) in [4.78, 5) is 12.2.